The van der Waals surface area contributed by atoms with Crippen molar-refractivity contribution in [2.45, 2.75) is 33.4 Å². The molecule has 0 aromatic heterocycles. The Morgan fingerprint density at radius 1 is 0.966 bits per heavy atom. The molecule has 1 unspecified atom stereocenters. The highest BCUT2D eigenvalue weighted by atomic mass is 16.4. The first-order valence-electron chi connectivity index (χ1n) is 9.84. The van der Waals surface area contributed by atoms with Gasteiger partial charge in [-0.3, -0.25) is 4.79 Å². The predicted octanol–water partition coefficient (Wildman–Crippen LogP) is 5.70. The minimum Gasteiger partial charge on any atom is -0.480 e. The Balaban J connectivity index is 1.83. The van der Waals surface area contributed by atoms with E-state index in [1.54, 1.807) is 6.92 Å². The van der Waals surface area contributed by atoms with Gasteiger partial charge in [0.15, 0.2) is 0 Å². The number of rotatable bonds is 7. The van der Waals surface area contributed by atoms with E-state index in [4.69, 9.17) is 5.11 Å². The van der Waals surface area contributed by atoms with Crippen LogP contribution in [-0.4, -0.2) is 17.1 Å². The Bertz CT molecular complexity index is 1020. The standard InChI is InChI=1S/C26H27NO2/c1-18-12-13-21(17-27-20(3)26(28)29)16-24(18)15-14-22-10-7-11-25(19(22)2)23-8-5-4-6-9-23/h4-16,20,27H,17H2,1-3H3,(H,28,29)/b15-14+. The molecule has 2 N–H and O–H groups in total. The van der Waals surface area contributed by atoms with Crippen LogP contribution >= 0.6 is 0 Å². The molecule has 0 saturated heterocycles. The molecule has 3 rings (SSSR count). The summed E-state index contributed by atoms with van der Waals surface area (Å²) in [6.07, 6.45) is 4.29. The molecule has 0 aliphatic heterocycles. The Morgan fingerprint density at radius 2 is 1.69 bits per heavy atom. The first kappa shape index (κ1) is 20.6. The largest absolute Gasteiger partial charge is 0.480 e. The number of nitrogens with one attached hydrogen (secondary N) is 1. The maximum absolute atomic E-state index is 11.0. The van der Waals surface area contributed by atoms with Crippen LogP contribution in [0.1, 0.15) is 34.7 Å². The quantitative estimate of drug-likeness (QED) is 0.513. The Hall–Kier alpha value is -3.17. The molecule has 0 radical (unpaired) electrons. The second-order valence-corrected chi connectivity index (χ2v) is 7.35. The highest BCUT2D eigenvalue weighted by molar-refractivity contribution is 5.78. The fourth-order valence-corrected chi connectivity index (χ4v) is 3.28. The zero-order valence-electron chi connectivity index (χ0n) is 17.1. The van der Waals surface area contributed by atoms with Crippen molar-refractivity contribution in [1.29, 1.82) is 0 Å². The highest BCUT2D eigenvalue weighted by Gasteiger charge is 2.09. The third kappa shape index (κ3) is 5.21. The zero-order valence-corrected chi connectivity index (χ0v) is 17.1. The van der Waals surface area contributed by atoms with Crippen molar-refractivity contribution in [1.82, 2.24) is 5.32 Å². The van der Waals surface area contributed by atoms with E-state index in [0.717, 1.165) is 11.1 Å². The lowest BCUT2D eigenvalue weighted by Crippen LogP contribution is -2.33. The van der Waals surface area contributed by atoms with E-state index >= 15 is 0 Å². The van der Waals surface area contributed by atoms with Gasteiger partial charge in [-0.15, -0.1) is 0 Å². The molecule has 0 fully saturated rings. The van der Waals surface area contributed by atoms with Gasteiger partial charge in [0.05, 0.1) is 0 Å². The first-order chi connectivity index (χ1) is 14.0. The van der Waals surface area contributed by atoms with Gasteiger partial charge in [0.1, 0.15) is 6.04 Å². The Kier molecular flexibility index (Phi) is 6.63. The van der Waals surface area contributed by atoms with E-state index in [9.17, 15) is 4.79 Å². The first-order valence-corrected chi connectivity index (χ1v) is 9.84. The molecular formula is C26H27NO2. The average molecular weight is 386 g/mol. The summed E-state index contributed by atoms with van der Waals surface area (Å²) in [4.78, 5) is 11.0. The van der Waals surface area contributed by atoms with Crippen molar-refractivity contribution >= 4 is 18.1 Å². The van der Waals surface area contributed by atoms with E-state index in [-0.39, 0.29) is 0 Å². The van der Waals surface area contributed by atoms with Gasteiger partial charge in [-0.2, -0.15) is 0 Å². The number of carbonyl (C=O) groups is 1. The van der Waals surface area contributed by atoms with Crippen LogP contribution in [0.4, 0.5) is 0 Å². The third-order valence-electron chi connectivity index (χ3n) is 5.23. The number of carboxylic acids is 1. The summed E-state index contributed by atoms with van der Waals surface area (Å²) in [5.41, 5.74) is 8.29. The second-order valence-electron chi connectivity index (χ2n) is 7.35. The molecule has 29 heavy (non-hydrogen) atoms. The summed E-state index contributed by atoms with van der Waals surface area (Å²) in [6.45, 7) is 6.42. The maximum atomic E-state index is 11.0. The minimum atomic E-state index is -0.842. The fourth-order valence-electron chi connectivity index (χ4n) is 3.28. The lowest BCUT2D eigenvalue weighted by atomic mass is 9.95. The van der Waals surface area contributed by atoms with Crippen molar-refractivity contribution in [3.05, 3.63) is 94.5 Å². The van der Waals surface area contributed by atoms with Crippen LogP contribution in [0.25, 0.3) is 23.3 Å². The average Bonchev–Trinajstić information content (AvgIpc) is 2.73. The van der Waals surface area contributed by atoms with Crippen LogP contribution in [-0.2, 0) is 11.3 Å². The van der Waals surface area contributed by atoms with Crippen LogP contribution < -0.4 is 5.32 Å². The van der Waals surface area contributed by atoms with Gasteiger partial charge in [-0.1, -0.05) is 78.9 Å². The number of hydrogen-bond acceptors (Lipinski definition) is 2. The van der Waals surface area contributed by atoms with Crippen molar-refractivity contribution in [3.8, 4) is 11.1 Å². The third-order valence-corrected chi connectivity index (χ3v) is 5.23. The molecule has 0 bridgehead atoms. The summed E-state index contributed by atoms with van der Waals surface area (Å²) in [6, 6.07) is 22.5. The molecule has 1 atom stereocenters. The lowest BCUT2D eigenvalue weighted by Gasteiger charge is -2.11. The molecule has 0 amide bonds. The molecule has 148 valence electrons. The van der Waals surface area contributed by atoms with Gasteiger partial charge in [-0.05, 0) is 59.7 Å². The Labute approximate surface area is 172 Å². The summed E-state index contributed by atoms with van der Waals surface area (Å²) in [7, 11) is 0. The zero-order chi connectivity index (χ0) is 20.8. The van der Waals surface area contributed by atoms with E-state index in [0.29, 0.717) is 6.54 Å². The topological polar surface area (TPSA) is 49.3 Å². The lowest BCUT2D eigenvalue weighted by molar-refractivity contribution is -0.139. The van der Waals surface area contributed by atoms with Gasteiger partial charge in [-0.25, -0.2) is 0 Å². The molecule has 3 aromatic carbocycles. The molecule has 0 aliphatic rings. The number of carboxylic acid groups (broad SMARTS) is 1. The van der Waals surface area contributed by atoms with Crippen molar-refractivity contribution < 1.29 is 9.90 Å². The second kappa shape index (κ2) is 9.35. The van der Waals surface area contributed by atoms with Crippen LogP contribution in [0.5, 0.6) is 0 Å². The van der Waals surface area contributed by atoms with Crippen LogP contribution in [0.15, 0.2) is 66.7 Å². The van der Waals surface area contributed by atoms with Crippen LogP contribution in [0, 0.1) is 13.8 Å². The highest BCUT2D eigenvalue weighted by Crippen LogP contribution is 2.27. The number of benzene rings is 3. The van der Waals surface area contributed by atoms with Gasteiger partial charge in [0.25, 0.3) is 0 Å². The molecule has 0 heterocycles. The van der Waals surface area contributed by atoms with Gasteiger partial charge in [0, 0.05) is 6.54 Å². The minimum absolute atomic E-state index is 0.525. The SMILES string of the molecule is Cc1ccc(CNC(C)C(=O)O)cc1/C=C/c1cccc(-c2ccccc2)c1C. The number of aliphatic carboxylic acids is 1. The normalized spacial score (nSPS) is 12.2. The van der Waals surface area contributed by atoms with Crippen LogP contribution in [0.2, 0.25) is 0 Å². The molecule has 0 spiro atoms. The molecule has 3 heteroatoms. The summed E-state index contributed by atoms with van der Waals surface area (Å²) in [5, 5.41) is 12.1. The van der Waals surface area contributed by atoms with E-state index < -0.39 is 12.0 Å². The smallest absolute Gasteiger partial charge is 0.320 e. The molecular weight excluding hydrogens is 358 g/mol. The van der Waals surface area contributed by atoms with Gasteiger partial charge >= 0.3 is 5.97 Å². The molecule has 0 aliphatic carbocycles. The summed E-state index contributed by atoms with van der Waals surface area (Å²) < 4.78 is 0. The monoisotopic (exact) mass is 385 g/mol. The van der Waals surface area contributed by atoms with E-state index in [1.807, 2.05) is 12.1 Å². The van der Waals surface area contributed by atoms with Crippen molar-refractivity contribution in [2.75, 3.05) is 0 Å². The number of hydrogen-bond donors (Lipinski definition) is 2. The molecule has 3 aromatic rings. The predicted molar refractivity (Wildman–Crippen MR) is 121 cm³/mol. The van der Waals surface area contributed by atoms with Crippen molar-refractivity contribution in [2.24, 2.45) is 0 Å². The van der Waals surface area contributed by atoms with Gasteiger partial charge < -0.3 is 10.4 Å². The summed E-state index contributed by atoms with van der Waals surface area (Å²) >= 11 is 0. The fraction of sp³-hybridized carbons (Fsp3) is 0.192. The number of aryl methyl sites for hydroxylation is 1. The summed E-state index contributed by atoms with van der Waals surface area (Å²) in [5.74, 6) is -0.842. The van der Waals surface area contributed by atoms with Crippen LogP contribution in [0.3, 0.4) is 0 Å². The van der Waals surface area contributed by atoms with E-state index in [2.05, 4.69) is 85.9 Å². The maximum Gasteiger partial charge on any atom is 0.320 e. The van der Waals surface area contributed by atoms with Crippen molar-refractivity contribution in [3.63, 3.8) is 0 Å². The molecule has 3 nitrogen and oxygen atoms in total. The van der Waals surface area contributed by atoms with E-state index in [1.165, 1.54) is 27.8 Å². The Morgan fingerprint density at radius 3 is 2.41 bits per heavy atom. The molecule has 0 saturated carbocycles. The van der Waals surface area contributed by atoms with Gasteiger partial charge in [0.2, 0.25) is 0 Å².